The standard InChI is InChI=1S/C18H16BrF3N2O2/c19-14-4-2-1-3-12(14)10-15(17(23)26)24-16(25)9-11-5-7-13(8-6-11)18(20,21)22/h1-8,15H,9-10H2,(H2,23,26)(H,24,25)/t15-/m1/s1. The van der Waals surface area contributed by atoms with Gasteiger partial charge >= 0.3 is 6.18 Å². The second-order valence-corrected chi connectivity index (χ2v) is 6.54. The van der Waals surface area contributed by atoms with Crippen LogP contribution in [0, 0.1) is 0 Å². The van der Waals surface area contributed by atoms with Crippen LogP contribution in [0.15, 0.2) is 53.0 Å². The molecule has 0 heterocycles. The van der Waals surface area contributed by atoms with Gasteiger partial charge in [0.2, 0.25) is 11.8 Å². The van der Waals surface area contributed by atoms with Gasteiger partial charge in [-0.2, -0.15) is 13.2 Å². The highest BCUT2D eigenvalue weighted by Crippen LogP contribution is 2.29. The van der Waals surface area contributed by atoms with Crippen LogP contribution in [0.3, 0.4) is 0 Å². The minimum Gasteiger partial charge on any atom is -0.368 e. The third-order valence-electron chi connectivity index (χ3n) is 3.71. The molecule has 1 atom stereocenters. The third-order valence-corrected chi connectivity index (χ3v) is 4.48. The number of alkyl halides is 3. The molecule has 0 spiro atoms. The molecule has 8 heteroatoms. The van der Waals surface area contributed by atoms with Gasteiger partial charge in [0, 0.05) is 10.9 Å². The molecule has 2 aromatic carbocycles. The van der Waals surface area contributed by atoms with Crippen molar-refractivity contribution in [3.8, 4) is 0 Å². The molecule has 0 saturated carbocycles. The first kappa shape index (κ1) is 20.0. The highest BCUT2D eigenvalue weighted by molar-refractivity contribution is 9.10. The predicted molar refractivity (Wildman–Crippen MR) is 94.1 cm³/mol. The molecule has 0 unspecified atom stereocenters. The maximum absolute atomic E-state index is 12.5. The molecule has 2 aromatic rings. The second-order valence-electron chi connectivity index (χ2n) is 5.69. The van der Waals surface area contributed by atoms with Crippen molar-refractivity contribution in [1.82, 2.24) is 5.32 Å². The van der Waals surface area contributed by atoms with E-state index in [9.17, 15) is 22.8 Å². The molecule has 0 aliphatic rings. The highest BCUT2D eigenvalue weighted by Gasteiger charge is 2.30. The smallest absolute Gasteiger partial charge is 0.368 e. The van der Waals surface area contributed by atoms with E-state index in [0.717, 1.165) is 22.2 Å². The molecule has 0 aliphatic heterocycles. The number of halogens is 4. The quantitative estimate of drug-likeness (QED) is 0.741. The van der Waals surface area contributed by atoms with Crippen molar-refractivity contribution >= 4 is 27.7 Å². The minimum absolute atomic E-state index is 0.155. The van der Waals surface area contributed by atoms with Gasteiger partial charge in [-0.25, -0.2) is 0 Å². The lowest BCUT2D eigenvalue weighted by molar-refractivity contribution is -0.137. The van der Waals surface area contributed by atoms with Crippen LogP contribution in [0.1, 0.15) is 16.7 Å². The summed E-state index contributed by atoms with van der Waals surface area (Å²) in [6, 6.07) is 10.6. The number of carbonyl (C=O) groups is 2. The van der Waals surface area contributed by atoms with Crippen molar-refractivity contribution in [2.24, 2.45) is 5.73 Å². The summed E-state index contributed by atoms with van der Waals surface area (Å²) in [5.41, 5.74) is 5.76. The predicted octanol–water partition coefficient (Wildman–Crippen LogP) is 3.22. The summed E-state index contributed by atoms with van der Waals surface area (Å²) in [6.45, 7) is 0. The molecular weight excluding hydrogens is 413 g/mol. The number of rotatable bonds is 6. The summed E-state index contributed by atoms with van der Waals surface area (Å²) in [7, 11) is 0. The van der Waals surface area contributed by atoms with Gasteiger partial charge in [-0.05, 0) is 29.3 Å². The highest BCUT2D eigenvalue weighted by atomic mass is 79.9. The molecule has 3 N–H and O–H groups in total. The number of nitrogens with two attached hydrogens (primary N) is 1. The van der Waals surface area contributed by atoms with E-state index in [2.05, 4.69) is 21.2 Å². The van der Waals surface area contributed by atoms with Gasteiger partial charge in [-0.15, -0.1) is 0 Å². The number of primary amides is 1. The number of benzene rings is 2. The Labute approximate surface area is 156 Å². The van der Waals surface area contributed by atoms with Crippen molar-refractivity contribution in [2.75, 3.05) is 0 Å². The first-order chi connectivity index (χ1) is 12.2. The van der Waals surface area contributed by atoms with Gasteiger partial charge in [0.15, 0.2) is 0 Å². The summed E-state index contributed by atoms with van der Waals surface area (Å²) < 4.78 is 38.4. The normalized spacial score (nSPS) is 12.5. The zero-order valence-electron chi connectivity index (χ0n) is 13.5. The Bertz CT molecular complexity index is 792. The van der Waals surface area contributed by atoms with E-state index < -0.39 is 29.6 Å². The Balaban J connectivity index is 2.02. The molecule has 2 rings (SSSR count). The van der Waals surface area contributed by atoms with E-state index in [4.69, 9.17) is 5.73 Å². The fraction of sp³-hybridized carbons (Fsp3) is 0.222. The number of nitrogens with one attached hydrogen (secondary N) is 1. The molecule has 0 fully saturated rings. The van der Waals surface area contributed by atoms with Gasteiger partial charge < -0.3 is 11.1 Å². The number of amides is 2. The van der Waals surface area contributed by atoms with Crippen LogP contribution in [0.25, 0.3) is 0 Å². The van der Waals surface area contributed by atoms with Gasteiger partial charge in [0.1, 0.15) is 6.04 Å². The van der Waals surface area contributed by atoms with E-state index in [1.165, 1.54) is 12.1 Å². The lowest BCUT2D eigenvalue weighted by atomic mass is 10.0. The Hall–Kier alpha value is -2.35. The Morgan fingerprint density at radius 2 is 1.69 bits per heavy atom. The van der Waals surface area contributed by atoms with Crippen molar-refractivity contribution in [2.45, 2.75) is 25.1 Å². The molecule has 0 bridgehead atoms. The zero-order valence-corrected chi connectivity index (χ0v) is 15.1. The fourth-order valence-electron chi connectivity index (χ4n) is 2.35. The van der Waals surface area contributed by atoms with E-state index >= 15 is 0 Å². The Morgan fingerprint density at radius 3 is 2.23 bits per heavy atom. The van der Waals surface area contributed by atoms with Crippen LogP contribution in [0.4, 0.5) is 13.2 Å². The monoisotopic (exact) mass is 428 g/mol. The van der Waals surface area contributed by atoms with E-state index in [-0.39, 0.29) is 12.8 Å². The number of hydrogen-bond donors (Lipinski definition) is 2. The summed E-state index contributed by atoms with van der Waals surface area (Å²) in [5.74, 6) is -1.19. The van der Waals surface area contributed by atoms with Crippen molar-refractivity contribution in [3.63, 3.8) is 0 Å². The van der Waals surface area contributed by atoms with Crippen LogP contribution in [0.5, 0.6) is 0 Å². The summed E-state index contributed by atoms with van der Waals surface area (Å²) in [6.07, 6.45) is -4.38. The molecule has 26 heavy (non-hydrogen) atoms. The van der Waals surface area contributed by atoms with Crippen molar-refractivity contribution in [1.29, 1.82) is 0 Å². The second kappa shape index (κ2) is 8.35. The molecule has 4 nitrogen and oxygen atoms in total. The van der Waals surface area contributed by atoms with E-state index in [1.807, 2.05) is 6.07 Å². The fourth-order valence-corrected chi connectivity index (χ4v) is 2.80. The maximum atomic E-state index is 12.5. The van der Waals surface area contributed by atoms with E-state index in [0.29, 0.717) is 5.56 Å². The van der Waals surface area contributed by atoms with Gasteiger partial charge in [0.25, 0.3) is 0 Å². The van der Waals surface area contributed by atoms with Gasteiger partial charge in [0.05, 0.1) is 12.0 Å². The first-order valence-electron chi connectivity index (χ1n) is 7.65. The summed E-state index contributed by atoms with van der Waals surface area (Å²) >= 11 is 3.36. The van der Waals surface area contributed by atoms with E-state index in [1.54, 1.807) is 18.2 Å². The SMILES string of the molecule is NC(=O)[C@@H](Cc1ccccc1Br)NC(=O)Cc1ccc(C(F)(F)F)cc1. The third kappa shape index (κ3) is 5.59. The average molecular weight is 429 g/mol. The Kier molecular flexibility index (Phi) is 6.42. The largest absolute Gasteiger partial charge is 0.416 e. The Morgan fingerprint density at radius 1 is 1.08 bits per heavy atom. The van der Waals surface area contributed by atoms with Crippen LogP contribution in [-0.2, 0) is 28.6 Å². The molecule has 0 radical (unpaired) electrons. The lowest BCUT2D eigenvalue weighted by Crippen LogP contribution is -2.46. The topological polar surface area (TPSA) is 72.2 Å². The number of carbonyl (C=O) groups excluding carboxylic acids is 2. The molecule has 138 valence electrons. The lowest BCUT2D eigenvalue weighted by Gasteiger charge is -2.16. The molecular formula is C18H16BrF3N2O2. The summed E-state index contributed by atoms with van der Waals surface area (Å²) in [4.78, 5) is 23.8. The van der Waals surface area contributed by atoms with Gasteiger partial charge in [-0.1, -0.05) is 46.3 Å². The minimum atomic E-state index is -4.43. The molecule has 2 amide bonds. The molecule has 0 aromatic heterocycles. The van der Waals surface area contributed by atoms with Crippen LogP contribution < -0.4 is 11.1 Å². The van der Waals surface area contributed by atoms with Crippen molar-refractivity contribution < 1.29 is 22.8 Å². The first-order valence-corrected chi connectivity index (χ1v) is 8.44. The zero-order chi connectivity index (χ0) is 19.3. The molecule has 0 aliphatic carbocycles. The average Bonchev–Trinajstić information content (AvgIpc) is 2.55. The molecule has 0 saturated heterocycles. The van der Waals surface area contributed by atoms with Crippen LogP contribution >= 0.6 is 15.9 Å². The van der Waals surface area contributed by atoms with Gasteiger partial charge in [-0.3, -0.25) is 9.59 Å². The number of hydrogen-bond acceptors (Lipinski definition) is 2. The van der Waals surface area contributed by atoms with Crippen LogP contribution in [0.2, 0.25) is 0 Å². The maximum Gasteiger partial charge on any atom is 0.416 e. The summed E-state index contributed by atoms with van der Waals surface area (Å²) in [5, 5.41) is 2.53. The van der Waals surface area contributed by atoms with Crippen molar-refractivity contribution in [3.05, 3.63) is 69.7 Å². The van der Waals surface area contributed by atoms with Crippen LogP contribution in [-0.4, -0.2) is 17.9 Å².